The smallest absolute Gasteiger partial charge is 0.427 e. The second kappa shape index (κ2) is 3.55. The lowest BCUT2D eigenvalue weighted by Gasteiger charge is -2.01. The van der Waals surface area contributed by atoms with E-state index in [1.165, 1.54) is 12.4 Å². The summed E-state index contributed by atoms with van der Waals surface area (Å²) < 4.78 is 4.58. The predicted molar refractivity (Wildman–Crippen MR) is 36.4 cm³/mol. The van der Waals surface area contributed by atoms with Crippen LogP contribution in [0.2, 0.25) is 0 Å². The Hall–Kier alpha value is -1.59. The second-order valence-corrected chi connectivity index (χ2v) is 1.68. The Balaban J connectivity index is 2.37. The number of rotatable bonds is 2. The molecule has 60 valence electrons. The van der Waals surface area contributed by atoms with Crippen molar-refractivity contribution in [3.63, 3.8) is 0 Å². The molecule has 0 aliphatic rings. The van der Waals surface area contributed by atoms with Crippen molar-refractivity contribution >= 4 is 6.09 Å². The first-order valence-corrected chi connectivity index (χ1v) is 3.13. The monoisotopic (exact) mass is 156 g/mol. The normalized spacial score (nSPS) is 9.18. The third-order valence-electron chi connectivity index (χ3n) is 0.904. The van der Waals surface area contributed by atoms with Crippen LogP contribution in [0, 0.1) is 0 Å². The van der Waals surface area contributed by atoms with E-state index < -0.39 is 6.09 Å². The first-order valence-electron chi connectivity index (χ1n) is 3.13. The largest absolute Gasteiger partial charge is 0.449 e. The molecule has 0 aliphatic carbocycles. The molecule has 0 spiro atoms. The summed E-state index contributed by atoms with van der Waals surface area (Å²) in [4.78, 5) is 11.9. The molecule has 1 N–H and O–H groups in total. The summed E-state index contributed by atoms with van der Waals surface area (Å²) in [5, 5.41) is 6.97. The van der Waals surface area contributed by atoms with Gasteiger partial charge in [0.05, 0.1) is 19.0 Å². The lowest BCUT2D eigenvalue weighted by Crippen LogP contribution is -2.24. The number of nitrogens with one attached hydrogen (secondary N) is 1. The van der Waals surface area contributed by atoms with Gasteiger partial charge in [-0.05, 0) is 12.1 Å². The minimum atomic E-state index is -0.544. The predicted octanol–water partition coefficient (Wildman–Crippen LogP) is -0.0219. The molecule has 1 aromatic heterocycles. The van der Waals surface area contributed by atoms with Crippen LogP contribution < -0.4 is 5.43 Å². The van der Waals surface area contributed by atoms with Gasteiger partial charge in [0.1, 0.15) is 0 Å². The molecular formula is C5H8N4O2. The maximum atomic E-state index is 10.7. The van der Waals surface area contributed by atoms with Crippen molar-refractivity contribution in [2.24, 2.45) is 0 Å². The fraction of sp³-hybridized carbons (Fsp3) is 0.400. The zero-order chi connectivity index (χ0) is 8.10. The number of aromatic nitrogens is 3. The molecule has 0 saturated heterocycles. The van der Waals surface area contributed by atoms with Crippen LogP contribution in [0.25, 0.3) is 0 Å². The SMILES string of the molecule is CCOC(=O)Nn1ccnn1. The number of nitrogens with zero attached hydrogens (tertiary/aromatic N) is 3. The highest BCUT2D eigenvalue weighted by molar-refractivity contribution is 5.75. The first kappa shape index (κ1) is 7.52. The van der Waals surface area contributed by atoms with Crippen molar-refractivity contribution in [2.45, 2.75) is 6.92 Å². The van der Waals surface area contributed by atoms with Gasteiger partial charge in [-0.3, -0.25) is 0 Å². The third kappa shape index (κ3) is 2.24. The quantitative estimate of drug-likeness (QED) is 0.653. The molecule has 1 heterocycles. The van der Waals surface area contributed by atoms with Crippen LogP contribution in [0.1, 0.15) is 6.92 Å². The van der Waals surface area contributed by atoms with Gasteiger partial charge in [-0.15, -0.1) is 5.10 Å². The van der Waals surface area contributed by atoms with E-state index in [1.54, 1.807) is 6.92 Å². The van der Waals surface area contributed by atoms with Crippen molar-refractivity contribution in [2.75, 3.05) is 12.0 Å². The third-order valence-corrected chi connectivity index (χ3v) is 0.904. The first-order chi connectivity index (χ1) is 5.33. The van der Waals surface area contributed by atoms with Gasteiger partial charge in [-0.2, -0.15) is 4.79 Å². The standard InChI is InChI=1S/C5H8N4O2/c1-2-11-5(10)7-9-4-3-6-8-9/h3-4H,2H2,1H3,(H,7,10). The molecule has 0 bridgehead atoms. The Labute approximate surface area is 63.1 Å². The van der Waals surface area contributed by atoms with Gasteiger partial charge < -0.3 is 4.74 Å². The minimum absolute atomic E-state index is 0.334. The molecule has 0 unspecified atom stereocenters. The highest BCUT2D eigenvalue weighted by Crippen LogP contribution is 1.79. The van der Waals surface area contributed by atoms with Crippen LogP contribution in [-0.4, -0.2) is 27.8 Å². The maximum absolute atomic E-state index is 10.7. The number of hydrogen-bond acceptors (Lipinski definition) is 4. The molecule has 1 amide bonds. The Morgan fingerprint density at radius 1 is 1.82 bits per heavy atom. The van der Waals surface area contributed by atoms with Gasteiger partial charge in [-0.25, -0.2) is 10.2 Å². The molecular weight excluding hydrogens is 148 g/mol. The Kier molecular flexibility index (Phi) is 2.42. The highest BCUT2D eigenvalue weighted by Gasteiger charge is 1.99. The summed E-state index contributed by atoms with van der Waals surface area (Å²) in [6.45, 7) is 2.06. The molecule has 0 saturated carbocycles. The van der Waals surface area contributed by atoms with Gasteiger partial charge in [-0.1, -0.05) is 0 Å². The average Bonchev–Trinajstić information content (AvgIpc) is 2.40. The summed E-state index contributed by atoms with van der Waals surface area (Å²) in [7, 11) is 0. The average molecular weight is 156 g/mol. The van der Waals surface area contributed by atoms with E-state index in [0.717, 1.165) is 4.79 Å². The Morgan fingerprint density at radius 3 is 3.18 bits per heavy atom. The maximum Gasteiger partial charge on any atom is 0.427 e. The molecule has 1 aromatic rings. The number of carbonyl (C=O) groups is 1. The molecule has 11 heavy (non-hydrogen) atoms. The molecule has 0 fully saturated rings. The van der Waals surface area contributed by atoms with E-state index in [-0.39, 0.29) is 0 Å². The highest BCUT2D eigenvalue weighted by atomic mass is 16.6. The van der Waals surface area contributed by atoms with E-state index in [1.807, 2.05) is 0 Å². The summed E-state index contributed by atoms with van der Waals surface area (Å²) in [5.74, 6) is 0. The van der Waals surface area contributed by atoms with Gasteiger partial charge in [0.15, 0.2) is 0 Å². The molecule has 1 rings (SSSR count). The molecule has 0 aliphatic heterocycles. The molecule has 6 heteroatoms. The van der Waals surface area contributed by atoms with E-state index in [4.69, 9.17) is 0 Å². The number of ether oxygens (including phenoxy) is 1. The fourth-order valence-electron chi connectivity index (χ4n) is 0.525. The molecule has 0 atom stereocenters. The van der Waals surface area contributed by atoms with E-state index in [0.29, 0.717) is 6.61 Å². The summed E-state index contributed by atoms with van der Waals surface area (Å²) in [6.07, 6.45) is 2.40. The van der Waals surface area contributed by atoms with Gasteiger partial charge >= 0.3 is 6.09 Å². The van der Waals surface area contributed by atoms with Crippen LogP contribution in [-0.2, 0) is 4.74 Å². The minimum Gasteiger partial charge on any atom is -0.449 e. The van der Waals surface area contributed by atoms with Gasteiger partial charge in [0.25, 0.3) is 0 Å². The second-order valence-electron chi connectivity index (χ2n) is 1.68. The van der Waals surface area contributed by atoms with Crippen LogP contribution in [0.3, 0.4) is 0 Å². The summed E-state index contributed by atoms with van der Waals surface area (Å²) in [5.41, 5.74) is 2.30. The van der Waals surface area contributed by atoms with Crippen LogP contribution >= 0.6 is 0 Å². The molecule has 6 nitrogen and oxygen atoms in total. The van der Waals surface area contributed by atoms with Crippen molar-refractivity contribution < 1.29 is 9.53 Å². The molecule has 0 radical (unpaired) electrons. The van der Waals surface area contributed by atoms with Gasteiger partial charge in [0.2, 0.25) is 0 Å². The fourth-order valence-corrected chi connectivity index (χ4v) is 0.525. The summed E-state index contributed by atoms with van der Waals surface area (Å²) in [6, 6.07) is 0. The zero-order valence-corrected chi connectivity index (χ0v) is 6.02. The topological polar surface area (TPSA) is 69.0 Å². The Bertz CT molecular complexity index is 220. The lowest BCUT2D eigenvalue weighted by molar-refractivity contribution is 0.163. The Morgan fingerprint density at radius 2 is 2.64 bits per heavy atom. The van der Waals surface area contributed by atoms with Crippen LogP contribution in [0.15, 0.2) is 12.4 Å². The van der Waals surface area contributed by atoms with Crippen molar-refractivity contribution in [3.05, 3.63) is 12.4 Å². The number of carbonyl (C=O) groups excluding carboxylic acids is 1. The zero-order valence-electron chi connectivity index (χ0n) is 6.02. The van der Waals surface area contributed by atoms with Crippen LogP contribution in [0.5, 0.6) is 0 Å². The van der Waals surface area contributed by atoms with Gasteiger partial charge in [0, 0.05) is 0 Å². The van der Waals surface area contributed by atoms with E-state index in [9.17, 15) is 4.79 Å². The van der Waals surface area contributed by atoms with Crippen molar-refractivity contribution in [1.82, 2.24) is 15.1 Å². The van der Waals surface area contributed by atoms with Crippen LogP contribution in [0.4, 0.5) is 4.79 Å². The van der Waals surface area contributed by atoms with E-state index >= 15 is 0 Å². The van der Waals surface area contributed by atoms with E-state index in [2.05, 4.69) is 20.5 Å². The number of amides is 1. The van der Waals surface area contributed by atoms with Crippen molar-refractivity contribution in [3.8, 4) is 0 Å². The lowest BCUT2D eigenvalue weighted by atomic mass is 10.9. The molecule has 0 aromatic carbocycles. The van der Waals surface area contributed by atoms with Crippen molar-refractivity contribution in [1.29, 1.82) is 0 Å². The summed E-state index contributed by atoms with van der Waals surface area (Å²) >= 11 is 0. The number of hydrogen-bond donors (Lipinski definition) is 1.